The molecule has 4 nitrogen and oxygen atoms in total. The monoisotopic (exact) mass is 305 g/mol. The maximum Gasteiger partial charge on any atom is 0.254 e. The number of aromatic nitrogens is 2. The van der Waals surface area contributed by atoms with Crippen molar-refractivity contribution in [2.75, 3.05) is 6.54 Å². The molecule has 116 valence electrons. The molecule has 1 N–H and O–H groups in total. The molecular weight excluding hydrogens is 286 g/mol. The lowest BCUT2D eigenvalue weighted by atomic mass is 10.1. The van der Waals surface area contributed by atoms with Crippen molar-refractivity contribution in [2.45, 2.75) is 13.3 Å². The SMILES string of the molecule is Cc1cccc(CCNC(=O)c2cnn(-c3ccccc3)c2)c1. The van der Waals surface area contributed by atoms with Crippen molar-refractivity contribution >= 4 is 5.91 Å². The number of hydrogen-bond donors (Lipinski definition) is 1. The van der Waals surface area contributed by atoms with Crippen molar-refractivity contribution in [1.29, 1.82) is 0 Å². The van der Waals surface area contributed by atoms with E-state index in [2.05, 4.69) is 35.5 Å². The number of benzene rings is 2. The van der Waals surface area contributed by atoms with E-state index in [-0.39, 0.29) is 5.91 Å². The summed E-state index contributed by atoms with van der Waals surface area (Å²) in [5.41, 5.74) is 3.97. The quantitative estimate of drug-likeness (QED) is 0.787. The van der Waals surface area contributed by atoms with Crippen molar-refractivity contribution in [3.63, 3.8) is 0 Å². The first-order valence-corrected chi connectivity index (χ1v) is 7.66. The Hall–Kier alpha value is -2.88. The van der Waals surface area contributed by atoms with E-state index in [0.717, 1.165) is 12.1 Å². The Morgan fingerprint density at radius 1 is 1.13 bits per heavy atom. The van der Waals surface area contributed by atoms with Gasteiger partial charge in [0, 0.05) is 12.7 Å². The molecule has 0 saturated carbocycles. The van der Waals surface area contributed by atoms with Gasteiger partial charge in [0.05, 0.1) is 17.4 Å². The van der Waals surface area contributed by atoms with E-state index in [9.17, 15) is 4.79 Å². The summed E-state index contributed by atoms with van der Waals surface area (Å²) in [6.07, 6.45) is 4.16. The van der Waals surface area contributed by atoms with E-state index in [0.29, 0.717) is 12.1 Å². The standard InChI is InChI=1S/C19H19N3O/c1-15-6-5-7-16(12-15)10-11-20-19(23)17-13-21-22(14-17)18-8-3-2-4-9-18/h2-9,12-14H,10-11H2,1H3,(H,20,23). The van der Waals surface area contributed by atoms with E-state index in [4.69, 9.17) is 0 Å². The first kappa shape index (κ1) is 15.0. The summed E-state index contributed by atoms with van der Waals surface area (Å²) in [6.45, 7) is 2.68. The summed E-state index contributed by atoms with van der Waals surface area (Å²) >= 11 is 0. The molecule has 3 rings (SSSR count). The predicted octanol–water partition coefficient (Wildman–Crippen LogP) is 3.15. The Balaban J connectivity index is 1.58. The zero-order valence-corrected chi connectivity index (χ0v) is 13.1. The summed E-state index contributed by atoms with van der Waals surface area (Å²) in [5.74, 6) is -0.0974. The normalized spacial score (nSPS) is 10.5. The van der Waals surface area contributed by atoms with E-state index in [1.807, 2.05) is 36.4 Å². The Labute approximate surface area is 135 Å². The van der Waals surface area contributed by atoms with Gasteiger partial charge in [0.15, 0.2) is 0 Å². The minimum atomic E-state index is -0.0974. The molecule has 1 amide bonds. The fourth-order valence-electron chi connectivity index (χ4n) is 2.45. The number of carbonyl (C=O) groups is 1. The molecule has 0 fully saturated rings. The smallest absolute Gasteiger partial charge is 0.254 e. The fraction of sp³-hybridized carbons (Fsp3) is 0.158. The van der Waals surface area contributed by atoms with Gasteiger partial charge in [-0.15, -0.1) is 0 Å². The molecule has 0 aliphatic heterocycles. The van der Waals surface area contributed by atoms with Crippen LogP contribution < -0.4 is 5.32 Å². The van der Waals surface area contributed by atoms with Gasteiger partial charge in [-0.05, 0) is 31.0 Å². The topological polar surface area (TPSA) is 46.9 Å². The molecule has 4 heteroatoms. The number of hydrogen-bond acceptors (Lipinski definition) is 2. The van der Waals surface area contributed by atoms with Gasteiger partial charge in [-0.1, -0.05) is 48.0 Å². The second kappa shape index (κ2) is 6.92. The van der Waals surface area contributed by atoms with Crippen molar-refractivity contribution in [1.82, 2.24) is 15.1 Å². The number of para-hydroxylation sites is 1. The summed E-state index contributed by atoms with van der Waals surface area (Å²) in [7, 11) is 0. The van der Waals surface area contributed by atoms with Crippen LogP contribution in [0.1, 0.15) is 21.5 Å². The summed E-state index contributed by atoms with van der Waals surface area (Å²) in [5, 5.41) is 7.18. The van der Waals surface area contributed by atoms with Crippen LogP contribution in [0.25, 0.3) is 5.69 Å². The van der Waals surface area contributed by atoms with Gasteiger partial charge in [-0.3, -0.25) is 4.79 Å². The molecule has 0 atom stereocenters. The van der Waals surface area contributed by atoms with Gasteiger partial charge >= 0.3 is 0 Å². The molecule has 1 aromatic heterocycles. The van der Waals surface area contributed by atoms with Crippen LogP contribution in [0.2, 0.25) is 0 Å². The third-order valence-electron chi connectivity index (χ3n) is 3.65. The van der Waals surface area contributed by atoms with Crippen molar-refractivity contribution in [3.8, 4) is 5.69 Å². The number of amides is 1. The second-order valence-electron chi connectivity index (χ2n) is 5.50. The molecule has 0 bridgehead atoms. The Morgan fingerprint density at radius 2 is 1.96 bits per heavy atom. The lowest BCUT2D eigenvalue weighted by Gasteiger charge is -2.04. The first-order valence-electron chi connectivity index (χ1n) is 7.66. The molecule has 0 unspecified atom stereocenters. The zero-order valence-electron chi connectivity index (χ0n) is 13.1. The van der Waals surface area contributed by atoms with Crippen molar-refractivity contribution < 1.29 is 4.79 Å². The number of nitrogens with zero attached hydrogens (tertiary/aromatic N) is 2. The van der Waals surface area contributed by atoms with Crippen LogP contribution in [0.15, 0.2) is 67.0 Å². The molecule has 0 aliphatic carbocycles. The van der Waals surface area contributed by atoms with E-state index >= 15 is 0 Å². The number of aryl methyl sites for hydroxylation is 1. The van der Waals surface area contributed by atoms with Crippen LogP contribution in [-0.2, 0) is 6.42 Å². The predicted molar refractivity (Wildman–Crippen MR) is 90.8 cm³/mol. The average Bonchev–Trinajstić information content (AvgIpc) is 3.06. The maximum atomic E-state index is 12.2. The number of rotatable bonds is 5. The molecular formula is C19H19N3O. The molecule has 2 aromatic carbocycles. The molecule has 0 aliphatic rings. The van der Waals surface area contributed by atoms with E-state index < -0.39 is 0 Å². The van der Waals surface area contributed by atoms with Crippen LogP contribution in [0.3, 0.4) is 0 Å². The van der Waals surface area contributed by atoms with Crippen LogP contribution in [0.4, 0.5) is 0 Å². The minimum absolute atomic E-state index is 0.0974. The molecule has 0 saturated heterocycles. The Kier molecular flexibility index (Phi) is 4.52. The van der Waals surface area contributed by atoms with Gasteiger partial charge in [0.2, 0.25) is 0 Å². The summed E-state index contributed by atoms with van der Waals surface area (Å²) < 4.78 is 1.70. The summed E-state index contributed by atoms with van der Waals surface area (Å²) in [6, 6.07) is 18.1. The van der Waals surface area contributed by atoms with E-state index in [1.165, 1.54) is 11.1 Å². The van der Waals surface area contributed by atoms with Gasteiger partial charge in [-0.25, -0.2) is 4.68 Å². The van der Waals surface area contributed by atoms with Gasteiger partial charge in [0.25, 0.3) is 5.91 Å². The molecule has 3 aromatic rings. The van der Waals surface area contributed by atoms with Crippen LogP contribution >= 0.6 is 0 Å². The Bertz CT molecular complexity index is 793. The first-order chi connectivity index (χ1) is 11.2. The number of carbonyl (C=O) groups excluding carboxylic acids is 1. The minimum Gasteiger partial charge on any atom is -0.352 e. The lowest BCUT2D eigenvalue weighted by molar-refractivity contribution is 0.0954. The van der Waals surface area contributed by atoms with Crippen LogP contribution in [0.5, 0.6) is 0 Å². The van der Waals surface area contributed by atoms with Gasteiger partial charge in [-0.2, -0.15) is 5.10 Å². The lowest BCUT2D eigenvalue weighted by Crippen LogP contribution is -2.25. The van der Waals surface area contributed by atoms with Crippen LogP contribution in [0, 0.1) is 6.92 Å². The van der Waals surface area contributed by atoms with E-state index in [1.54, 1.807) is 17.1 Å². The number of nitrogens with one attached hydrogen (secondary N) is 1. The Morgan fingerprint density at radius 3 is 2.74 bits per heavy atom. The highest BCUT2D eigenvalue weighted by Crippen LogP contribution is 2.08. The largest absolute Gasteiger partial charge is 0.352 e. The highest BCUT2D eigenvalue weighted by Gasteiger charge is 2.08. The van der Waals surface area contributed by atoms with Crippen molar-refractivity contribution in [2.24, 2.45) is 0 Å². The molecule has 1 heterocycles. The average molecular weight is 305 g/mol. The molecule has 23 heavy (non-hydrogen) atoms. The van der Waals surface area contributed by atoms with Crippen molar-refractivity contribution in [3.05, 3.63) is 83.7 Å². The van der Waals surface area contributed by atoms with Gasteiger partial charge < -0.3 is 5.32 Å². The fourth-order valence-corrected chi connectivity index (χ4v) is 2.45. The highest BCUT2D eigenvalue weighted by atomic mass is 16.1. The second-order valence-corrected chi connectivity index (χ2v) is 5.50. The third kappa shape index (κ3) is 3.86. The zero-order chi connectivity index (χ0) is 16.1. The molecule has 0 spiro atoms. The maximum absolute atomic E-state index is 12.2. The van der Waals surface area contributed by atoms with Crippen LogP contribution in [-0.4, -0.2) is 22.2 Å². The molecule has 0 radical (unpaired) electrons. The van der Waals surface area contributed by atoms with Gasteiger partial charge in [0.1, 0.15) is 0 Å². The summed E-state index contributed by atoms with van der Waals surface area (Å²) in [4.78, 5) is 12.2. The highest BCUT2D eigenvalue weighted by molar-refractivity contribution is 5.93. The third-order valence-corrected chi connectivity index (χ3v) is 3.65.